The minimum absolute atomic E-state index is 0.262. The van der Waals surface area contributed by atoms with Crippen molar-refractivity contribution in [1.29, 1.82) is 5.26 Å². The van der Waals surface area contributed by atoms with Crippen LogP contribution in [0.2, 0.25) is 0 Å². The van der Waals surface area contributed by atoms with Crippen LogP contribution in [0.25, 0.3) is 10.9 Å². The molecule has 2 aromatic carbocycles. The normalized spacial score (nSPS) is 10.2. The Morgan fingerprint density at radius 3 is 1.83 bits per heavy atom. The Morgan fingerprint density at radius 2 is 1.31 bits per heavy atom. The van der Waals surface area contributed by atoms with Crippen molar-refractivity contribution in [2.75, 3.05) is 35.5 Å². The summed E-state index contributed by atoms with van der Waals surface area (Å²) in [5.74, 6) is 3.04. The molecule has 8 nitrogen and oxygen atoms in total. The Bertz CT molecular complexity index is 1070. The van der Waals surface area contributed by atoms with Crippen molar-refractivity contribution in [3.63, 3.8) is 0 Å². The van der Waals surface area contributed by atoms with Gasteiger partial charge in [0.2, 0.25) is 5.75 Å². The fourth-order valence-corrected chi connectivity index (χ4v) is 2.92. The van der Waals surface area contributed by atoms with Gasteiger partial charge in [0.1, 0.15) is 17.4 Å². The first-order valence-corrected chi connectivity index (χ1v) is 8.52. The Labute approximate surface area is 168 Å². The third-order valence-corrected chi connectivity index (χ3v) is 4.30. The number of hydrogen-bond acceptors (Lipinski definition) is 8. The summed E-state index contributed by atoms with van der Waals surface area (Å²) in [4.78, 5) is 4.33. The molecule has 3 rings (SSSR count). The van der Waals surface area contributed by atoms with Crippen LogP contribution in [0.15, 0.2) is 30.5 Å². The van der Waals surface area contributed by atoms with Gasteiger partial charge in [0.05, 0.1) is 41.1 Å². The van der Waals surface area contributed by atoms with E-state index < -0.39 is 0 Å². The number of fused-ring (bicyclic) bond motifs is 1. The number of nitriles is 1. The van der Waals surface area contributed by atoms with Crippen molar-refractivity contribution in [2.24, 2.45) is 0 Å². The number of nitrogens with zero attached hydrogens (tertiary/aromatic N) is 2. The van der Waals surface area contributed by atoms with Crippen LogP contribution in [-0.4, -0.2) is 40.5 Å². The van der Waals surface area contributed by atoms with Crippen molar-refractivity contribution < 1.29 is 28.4 Å². The molecule has 8 heteroatoms. The second kappa shape index (κ2) is 8.44. The molecule has 0 saturated heterocycles. The number of pyridine rings is 1. The highest BCUT2D eigenvalue weighted by molar-refractivity contribution is 5.90. The zero-order chi connectivity index (χ0) is 21.0. The zero-order valence-corrected chi connectivity index (χ0v) is 16.7. The van der Waals surface area contributed by atoms with Gasteiger partial charge in [-0.15, -0.1) is 0 Å². The second-order valence-corrected chi connectivity index (χ2v) is 5.80. The van der Waals surface area contributed by atoms with Crippen LogP contribution in [0.5, 0.6) is 40.2 Å². The van der Waals surface area contributed by atoms with E-state index in [1.54, 1.807) is 31.4 Å². The van der Waals surface area contributed by atoms with Gasteiger partial charge in [-0.1, -0.05) is 0 Å². The number of ether oxygens (including phenoxy) is 6. The molecule has 0 atom stereocenters. The average Bonchev–Trinajstić information content (AvgIpc) is 2.77. The summed E-state index contributed by atoms with van der Waals surface area (Å²) >= 11 is 0. The van der Waals surface area contributed by atoms with Crippen LogP contribution in [0.3, 0.4) is 0 Å². The fourth-order valence-electron chi connectivity index (χ4n) is 2.92. The van der Waals surface area contributed by atoms with Crippen LogP contribution in [0, 0.1) is 11.3 Å². The molecule has 0 aliphatic rings. The highest BCUT2D eigenvalue weighted by Crippen LogP contribution is 2.44. The van der Waals surface area contributed by atoms with Gasteiger partial charge in [-0.2, -0.15) is 5.26 Å². The molecule has 150 valence electrons. The van der Waals surface area contributed by atoms with Gasteiger partial charge in [0.25, 0.3) is 0 Å². The summed E-state index contributed by atoms with van der Waals surface area (Å²) in [6.45, 7) is 0. The van der Waals surface area contributed by atoms with Gasteiger partial charge in [-0.25, -0.2) is 0 Å². The maximum Gasteiger partial charge on any atom is 0.203 e. The summed E-state index contributed by atoms with van der Waals surface area (Å²) in [5, 5.41) is 10.2. The SMILES string of the molecule is COc1cc2ncc(C#N)c(Oc3cc(OC)c(OC)c(OC)c3)c2cc1OC. The first-order valence-electron chi connectivity index (χ1n) is 8.52. The fraction of sp³-hybridized carbons (Fsp3) is 0.238. The van der Waals surface area contributed by atoms with Crippen LogP contribution in [0.1, 0.15) is 5.56 Å². The molecule has 29 heavy (non-hydrogen) atoms. The number of benzene rings is 2. The Morgan fingerprint density at radius 1 is 0.724 bits per heavy atom. The highest BCUT2D eigenvalue weighted by Gasteiger charge is 2.19. The third kappa shape index (κ3) is 3.62. The lowest BCUT2D eigenvalue weighted by Crippen LogP contribution is -1.98. The van der Waals surface area contributed by atoms with E-state index in [9.17, 15) is 5.26 Å². The molecule has 0 bridgehead atoms. The lowest BCUT2D eigenvalue weighted by atomic mass is 10.1. The summed E-state index contributed by atoms with van der Waals surface area (Å²) in [7, 11) is 7.62. The molecule has 0 amide bonds. The molecule has 0 aliphatic carbocycles. The Hall–Kier alpha value is -3.86. The smallest absolute Gasteiger partial charge is 0.203 e. The Kier molecular flexibility index (Phi) is 5.79. The van der Waals surface area contributed by atoms with E-state index in [4.69, 9.17) is 28.4 Å². The first-order chi connectivity index (χ1) is 14.1. The number of hydrogen-bond donors (Lipinski definition) is 0. The number of aromatic nitrogens is 1. The standard InChI is InChI=1S/C21H20N2O6/c1-24-16-8-14-15(9-17(16)25-2)23-11-12(10-22)20(14)29-13-6-18(26-3)21(28-5)19(7-13)27-4/h6-9,11H,1-5H3. The number of rotatable bonds is 7. The van der Waals surface area contributed by atoms with E-state index in [1.165, 1.54) is 34.6 Å². The molecule has 0 unspecified atom stereocenters. The molecule has 0 N–H and O–H groups in total. The molecule has 1 aromatic heterocycles. The molecule has 0 fully saturated rings. The van der Waals surface area contributed by atoms with Crippen molar-refractivity contribution in [2.45, 2.75) is 0 Å². The molecule has 0 aliphatic heterocycles. The van der Waals surface area contributed by atoms with E-state index >= 15 is 0 Å². The highest BCUT2D eigenvalue weighted by atomic mass is 16.5. The van der Waals surface area contributed by atoms with Gasteiger partial charge in [-0.05, 0) is 6.07 Å². The zero-order valence-electron chi connectivity index (χ0n) is 16.7. The van der Waals surface area contributed by atoms with Crippen LogP contribution in [0.4, 0.5) is 0 Å². The quantitative estimate of drug-likeness (QED) is 0.593. The van der Waals surface area contributed by atoms with Crippen LogP contribution >= 0.6 is 0 Å². The van der Waals surface area contributed by atoms with Crippen molar-refractivity contribution in [3.8, 4) is 46.3 Å². The maximum atomic E-state index is 9.57. The van der Waals surface area contributed by atoms with Gasteiger partial charge >= 0.3 is 0 Å². The van der Waals surface area contributed by atoms with Gasteiger partial charge in [0, 0.05) is 29.8 Å². The van der Waals surface area contributed by atoms with Crippen molar-refractivity contribution >= 4 is 10.9 Å². The summed E-state index contributed by atoms with van der Waals surface area (Å²) < 4.78 is 32.9. The molecule has 1 heterocycles. The van der Waals surface area contributed by atoms with Crippen LogP contribution < -0.4 is 28.4 Å². The van der Waals surface area contributed by atoms with Gasteiger partial charge < -0.3 is 28.4 Å². The summed E-state index contributed by atoms with van der Waals surface area (Å²) in [5.41, 5.74) is 0.850. The largest absolute Gasteiger partial charge is 0.493 e. The Balaban J connectivity index is 2.20. The third-order valence-electron chi connectivity index (χ3n) is 4.30. The van der Waals surface area contributed by atoms with E-state index in [0.29, 0.717) is 51.1 Å². The second-order valence-electron chi connectivity index (χ2n) is 5.80. The lowest BCUT2D eigenvalue weighted by Gasteiger charge is -2.16. The average molecular weight is 396 g/mol. The first kappa shape index (κ1) is 19.9. The monoisotopic (exact) mass is 396 g/mol. The minimum Gasteiger partial charge on any atom is -0.493 e. The molecular formula is C21H20N2O6. The topological polar surface area (TPSA) is 92.1 Å². The van der Waals surface area contributed by atoms with E-state index in [1.807, 2.05) is 0 Å². The van der Waals surface area contributed by atoms with Gasteiger partial charge in [0.15, 0.2) is 28.7 Å². The lowest BCUT2D eigenvalue weighted by molar-refractivity contribution is 0.321. The van der Waals surface area contributed by atoms with Crippen LogP contribution in [-0.2, 0) is 0 Å². The summed E-state index contributed by atoms with van der Waals surface area (Å²) in [6.07, 6.45) is 1.45. The predicted molar refractivity (Wildman–Crippen MR) is 106 cm³/mol. The minimum atomic E-state index is 0.262. The van der Waals surface area contributed by atoms with E-state index in [0.717, 1.165) is 0 Å². The van der Waals surface area contributed by atoms with Crippen molar-refractivity contribution in [3.05, 3.63) is 36.0 Å². The summed E-state index contributed by atoms with van der Waals surface area (Å²) in [6, 6.07) is 8.84. The maximum absolute atomic E-state index is 9.57. The molecule has 0 radical (unpaired) electrons. The van der Waals surface area contributed by atoms with E-state index in [-0.39, 0.29) is 5.56 Å². The number of methoxy groups -OCH3 is 5. The molecule has 0 saturated carbocycles. The molecule has 3 aromatic rings. The van der Waals surface area contributed by atoms with E-state index in [2.05, 4.69) is 11.1 Å². The predicted octanol–water partition coefficient (Wildman–Crippen LogP) is 3.94. The molecular weight excluding hydrogens is 376 g/mol. The van der Waals surface area contributed by atoms with Crippen molar-refractivity contribution in [1.82, 2.24) is 4.98 Å². The van der Waals surface area contributed by atoms with Gasteiger partial charge in [-0.3, -0.25) is 4.98 Å². The molecule has 0 spiro atoms.